The molecule has 0 fully saturated rings. The molecule has 0 aliphatic heterocycles. The standard InChI is InChI=1S/C23H18N2O2/c1-15(23(27)22-19-9-5-3-7-17(19)11-13-25-22)14-20(26)21-18-8-4-2-6-16(18)10-12-24-21/h2-13,15H,14H2,1H3. The molecule has 0 aliphatic rings. The molecular formula is C23H18N2O2. The maximum Gasteiger partial charge on any atom is 0.185 e. The minimum Gasteiger partial charge on any atom is -0.292 e. The van der Waals surface area contributed by atoms with Gasteiger partial charge < -0.3 is 0 Å². The number of benzene rings is 2. The molecule has 0 amide bonds. The monoisotopic (exact) mass is 354 g/mol. The van der Waals surface area contributed by atoms with Crippen molar-refractivity contribution in [3.63, 3.8) is 0 Å². The number of carbonyl (C=O) groups is 2. The van der Waals surface area contributed by atoms with Crippen LogP contribution in [0.25, 0.3) is 21.5 Å². The minimum absolute atomic E-state index is 0.102. The van der Waals surface area contributed by atoms with Crippen molar-refractivity contribution in [2.24, 2.45) is 5.92 Å². The molecule has 0 saturated carbocycles. The molecule has 2 aromatic carbocycles. The number of hydrogen-bond acceptors (Lipinski definition) is 4. The number of ketones is 2. The molecule has 0 aliphatic carbocycles. The Balaban J connectivity index is 1.62. The summed E-state index contributed by atoms with van der Waals surface area (Å²) in [7, 11) is 0. The molecule has 0 saturated heterocycles. The first kappa shape index (κ1) is 17.0. The van der Waals surface area contributed by atoms with Crippen LogP contribution in [0.2, 0.25) is 0 Å². The number of rotatable bonds is 5. The molecule has 2 aromatic heterocycles. The molecule has 4 heteroatoms. The van der Waals surface area contributed by atoms with Crippen LogP contribution < -0.4 is 0 Å². The van der Waals surface area contributed by atoms with Crippen molar-refractivity contribution >= 4 is 33.1 Å². The highest BCUT2D eigenvalue weighted by Crippen LogP contribution is 2.23. The third kappa shape index (κ3) is 3.22. The van der Waals surface area contributed by atoms with E-state index in [9.17, 15) is 9.59 Å². The van der Waals surface area contributed by atoms with Gasteiger partial charge in [0.25, 0.3) is 0 Å². The van der Waals surface area contributed by atoms with E-state index >= 15 is 0 Å². The summed E-state index contributed by atoms with van der Waals surface area (Å²) >= 11 is 0. The van der Waals surface area contributed by atoms with Crippen molar-refractivity contribution in [3.8, 4) is 0 Å². The number of fused-ring (bicyclic) bond motifs is 2. The summed E-state index contributed by atoms with van der Waals surface area (Å²) in [6.45, 7) is 1.77. The topological polar surface area (TPSA) is 59.9 Å². The molecule has 2 heterocycles. The highest BCUT2D eigenvalue weighted by molar-refractivity contribution is 6.11. The lowest BCUT2D eigenvalue weighted by molar-refractivity contribution is 0.0860. The fraction of sp³-hybridized carbons (Fsp3) is 0.130. The number of aromatic nitrogens is 2. The third-order valence-electron chi connectivity index (χ3n) is 4.78. The van der Waals surface area contributed by atoms with Crippen LogP contribution >= 0.6 is 0 Å². The zero-order valence-corrected chi connectivity index (χ0v) is 14.9. The SMILES string of the molecule is CC(CC(=O)c1nccc2ccccc12)C(=O)c1nccc2ccccc12. The molecule has 4 rings (SSSR count). The average Bonchev–Trinajstić information content (AvgIpc) is 2.72. The Kier molecular flexibility index (Phi) is 4.47. The van der Waals surface area contributed by atoms with Crippen molar-refractivity contribution < 1.29 is 9.59 Å². The summed E-state index contributed by atoms with van der Waals surface area (Å²) in [5.41, 5.74) is 0.831. The molecule has 0 bridgehead atoms. The third-order valence-corrected chi connectivity index (χ3v) is 4.78. The molecule has 0 N–H and O–H groups in total. The lowest BCUT2D eigenvalue weighted by atomic mass is 9.93. The van der Waals surface area contributed by atoms with Crippen molar-refractivity contribution in [1.82, 2.24) is 9.97 Å². The summed E-state index contributed by atoms with van der Waals surface area (Å²) in [5.74, 6) is -0.732. The molecule has 132 valence electrons. The Bertz CT molecular complexity index is 1160. The fourth-order valence-corrected chi connectivity index (χ4v) is 3.36. The maximum atomic E-state index is 13.0. The fourth-order valence-electron chi connectivity index (χ4n) is 3.36. The van der Waals surface area contributed by atoms with E-state index in [1.165, 1.54) is 0 Å². The Morgan fingerprint density at radius 1 is 0.778 bits per heavy atom. The van der Waals surface area contributed by atoms with E-state index in [2.05, 4.69) is 9.97 Å². The second kappa shape index (κ2) is 7.08. The lowest BCUT2D eigenvalue weighted by Gasteiger charge is -2.12. The van der Waals surface area contributed by atoms with Gasteiger partial charge in [-0.3, -0.25) is 19.6 Å². The maximum absolute atomic E-state index is 13.0. The van der Waals surface area contributed by atoms with Gasteiger partial charge in [0.1, 0.15) is 11.4 Å². The molecule has 4 aromatic rings. The molecular weight excluding hydrogens is 336 g/mol. The Morgan fingerprint density at radius 2 is 1.30 bits per heavy atom. The number of pyridine rings is 2. The predicted molar refractivity (Wildman–Crippen MR) is 106 cm³/mol. The van der Waals surface area contributed by atoms with E-state index in [4.69, 9.17) is 0 Å². The smallest absolute Gasteiger partial charge is 0.185 e. The van der Waals surface area contributed by atoms with E-state index in [1.54, 1.807) is 19.3 Å². The van der Waals surface area contributed by atoms with Gasteiger partial charge in [-0.15, -0.1) is 0 Å². The van der Waals surface area contributed by atoms with Crippen LogP contribution in [0.4, 0.5) is 0 Å². The van der Waals surface area contributed by atoms with Gasteiger partial charge in [-0.1, -0.05) is 55.5 Å². The normalized spacial score (nSPS) is 12.2. The number of nitrogens with zero attached hydrogens (tertiary/aromatic N) is 2. The van der Waals surface area contributed by atoms with Crippen LogP contribution in [0.15, 0.2) is 73.1 Å². The van der Waals surface area contributed by atoms with E-state index in [-0.39, 0.29) is 18.0 Å². The van der Waals surface area contributed by atoms with Crippen molar-refractivity contribution in [3.05, 3.63) is 84.4 Å². The van der Waals surface area contributed by atoms with E-state index in [0.29, 0.717) is 11.4 Å². The van der Waals surface area contributed by atoms with Crippen LogP contribution in [0, 0.1) is 5.92 Å². The van der Waals surface area contributed by atoms with Gasteiger partial charge in [-0.25, -0.2) is 0 Å². The molecule has 1 atom stereocenters. The van der Waals surface area contributed by atoms with Gasteiger partial charge in [0.05, 0.1) is 0 Å². The Morgan fingerprint density at radius 3 is 1.93 bits per heavy atom. The summed E-state index contributed by atoms with van der Waals surface area (Å²) in [6, 6.07) is 19.0. The number of Topliss-reactive ketones (excluding diaryl/α,β-unsaturated/α-hetero) is 2. The van der Waals surface area contributed by atoms with Crippen LogP contribution in [-0.2, 0) is 0 Å². The van der Waals surface area contributed by atoms with Crippen LogP contribution in [0.1, 0.15) is 34.3 Å². The molecule has 1 unspecified atom stereocenters. The van der Waals surface area contributed by atoms with Gasteiger partial charge in [-0.2, -0.15) is 0 Å². The zero-order valence-electron chi connectivity index (χ0n) is 14.9. The lowest BCUT2D eigenvalue weighted by Crippen LogP contribution is -2.18. The van der Waals surface area contributed by atoms with Gasteiger partial charge in [0.15, 0.2) is 11.6 Å². The highest BCUT2D eigenvalue weighted by Gasteiger charge is 2.23. The average molecular weight is 354 g/mol. The summed E-state index contributed by atoms with van der Waals surface area (Å²) in [6.07, 6.45) is 3.37. The van der Waals surface area contributed by atoms with Crippen LogP contribution in [0.3, 0.4) is 0 Å². The zero-order chi connectivity index (χ0) is 18.8. The van der Waals surface area contributed by atoms with Crippen LogP contribution in [0.5, 0.6) is 0 Å². The van der Waals surface area contributed by atoms with E-state index in [1.807, 2.05) is 60.7 Å². The largest absolute Gasteiger partial charge is 0.292 e. The van der Waals surface area contributed by atoms with Crippen molar-refractivity contribution in [2.75, 3.05) is 0 Å². The van der Waals surface area contributed by atoms with Gasteiger partial charge in [0, 0.05) is 35.5 Å². The molecule has 4 nitrogen and oxygen atoms in total. The molecule has 0 radical (unpaired) electrons. The van der Waals surface area contributed by atoms with Crippen LogP contribution in [-0.4, -0.2) is 21.5 Å². The van der Waals surface area contributed by atoms with Gasteiger partial charge >= 0.3 is 0 Å². The van der Waals surface area contributed by atoms with Crippen molar-refractivity contribution in [1.29, 1.82) is 0 Å². The first-order valence-electron chi connectivity index (χ1n) is 8.90. The molecule has 0 spiro atoms. The van der Waals surface area contributed by atoms with E-state index < -0.39 is 5.92 Å². The highest BCUT2D eigenvalue weighted by atomic mass is 16.1. The predicted octanol–water partition coefficient (Wildman–Crippen LogP) is 4.87. The summed E-state index contributed by atoms with van der Waals surface area (Å²) in [4.78, 5) is 34.3. The first-order valence-corrected chi connectivity index (χ1v) is 8.90. The quantitative estimate of drug-likeness (QED) is 0.480. The Hall–Kier alpha value is -3.40. The molecule has 27 heavy (non-hydrogen) atoms. The first-order chi connectivity index (χ1) is 13.1. The van der Waals surface area contributed by atoms with Gasteiger partial charge in [0.2, 0.25) is 0 Å². The number of carbonyl (C=O) groups excluding carboxylic acids is 2. The van der Waals surface area contributed by atoms with E-state index in [0.717, 1.165) is 21.5 Å². The van der Waals surface area contributed by atoms with Gasteiger partial charge in [-0.05, 0) is 22.9 Å². The van der Waals surface area contributed by atoms with Crippen molar-refractivity contribution in [2.45, 2.75) is 13.3 Å². The number of hydrogen-bond donors (Lipinski definition) is 0. The summed E-state index contributed by atoms with van der Waals surface area (Å²) in [5, 5.41) is 3.55. The second-order valence-corrected chi connectivity index (χ2v) is 6.65. The summed E-state index contributed by atoms with van der Waals surface area (Å²) < 4.78 is 0. The Labute approximate surface area is 156 Å². The second-order valence-electron chi connectivity index (χ2n) is 6.65. The minimum atomic E-state index is -0.475.